The van der Waals surface area contributed by atoms with Gasteiger partial charge in [0.15, 0.2) is 0 Å². The van der Waals surface area contributed by atoms with Crippen molar-refractivity contribution in [1.29, 1.82) is 0 Å². The fourth-order valence-electron chi connectivity index (χ4n) is 2.48. The van der Waals surface area contributed by atoms with Crippen LogP contribution in [0.5, 0.6) is 0 Å². The van der Waals surface area contributed by atoms with Crippen LogP contribution in [0, 0.1) is 5.92 Å². The first kappa shape index (κ1) is 10.4. The zero-order valence-electron chi connectivity index (χ0n) is 9.15. The monoisotopic (exact) mass is 198 g/mol. The van der Waals surface area contributed by atoms with Gasteiger partial charge in [0.2, 0.25) is 0 Å². The molecule has 1 saturated heterocycles. The van der Waals surface area contributed by atoms with Gasteiger partial charge in [-0.1, -0.05) is 0 Å². The van der Waals surface area contributed by atoms with Gasteiger partial charge in [-0.2, -0.15) is 0 Å². The van der Waals surface area contributed by atoms with E-state index in [0.717, 1.165) is 18.5 Å². The van der Waals surface area contributed by atoms with Gasteiger partial charge in [0.1, 0.15) is 0 Å². The summed E-state index contributed by atoms with van der Waals surface area (Å²) in [6.45, 7) is 4.81. The second-order valence-electron chi connectivity index (χ2n) is 4.85. The molecule has 2 rings (SSSR count). The third kappa shape index (κ3) is 2.69. The van der Waals surface area contributed by atoms with Crippen molar-refractivity contribution in [2.75, 3.05) is 39.8 Å². The normalized spacial score (nSPS) is 28.9. The number of hydrogen-bond donors (Lipinski definition) is 1. The predicted octanol–water partition coefficient (Wildman–Crippen LogP) is 0.395. The van der Waals surface area contributed by atoms with Crippen molar-refractivity contribution >= 4 is 0 Å². The number of nitrogens with zero attached hydrogens (tertiary/aromatic N) is 2. The van der Waals surface area contributed by atoms with Crippen LogP contribution in [0.25, 0.3) is 0 Å². The molecule has 0 aromatic carbocycles. The zero-order valence-corrected chi connectivity index (χ0v) is 9.15. The van der Waals surface area contributed by atoms with Crippen molar-refractivity contribution in [3.05, 3.63) is 0 Å². The van der Waals surface area contributed by atoms with Crippen molar-refractivity contribution in [3.8, 4) is 0 Å². The minimum atomic E-state index is 0.311. The molecule has 82 valence electrons. The molecule has 14 heavy (non-hydrogen) atoms. The van der Waals surface area contributed by atoms with Crippen LogP contribution in [0.1, 0.15) is 19.3 Å². The number of aliphatic hydroxyl groups excluding tert-OH is 1. The first-order valence-electron chi connectivity index (χ1n) is 5.83. The third-order valence-corrected chi connectivity index (χ3v) is 3.50. The summed E-state index contributed by atoms with van der Waals surface area (Å²) in [6.07, 6.45) is 4.13. The highest BCUT2D eigenvalue weighted by Crippen LogP contribution is 2.27. The Morgan fingerprint density at radius 2 is 2.14 bits per heavy atom. The highest BCUT2D eigenvalue weighted by atomic mass is 16.3. The molecule has 1 aliphatic carbocycles. The van der Waals surface area contributed by atoms with Crippen molar-refractivity contribution in [2.24, 2.45) is 5.92 Å². The maximum atomic E-state index is 8.84. The summed E-state index contributed by atoms with van der Waals surface area (Å²) in [5, 5.41) is 8.84. The predicted molar refractivity (Wildman–Crippen MR) is 57.3 cm³/mol. The Kier molecular flexibility index (Phi) is 3.42. The molecule has 0 aromatic heterocycles. The van der Waals surface area contributed by atoms with Gasteiger partial charge in [0.25, 0.3) is 0 Å². The second kappa shape index (κ2) is 4.60. The molecule has 1 heterocycles. The van der Waals surface area contributed by atoms with Gasteiger partial charge in [0, 0.05) is 25.7 Å². The molecular weight excluding hydrogens is 176 g/mol. The molecular formula is C11H22N2O. The van der Waals surface area contributed by atoms with E-state index >= 15 is 0 Å². The van der Waals surface area contributed by atoms with E-state index in [2.05, 4.69) is 16.8 Å². The molecule has 1 saturated carbocycles. The molecule has 0 radical (unpaired) electrons. The van der Waals surface area contributed by atoms with E-state index in [1.807, 2.05) is 0 Å². The van der Waals surface area contributed by atoms with Gasteiger partial charge in [-0.05, 0) is 38.8 Å². The van der Waals surface area contributed by atoms with E-state index < -0.39 is 0 Å². The Labute approximate surface area is 86.7 Å². The van der Waals surface area contributed by atoms with E-state index in [-0.39, 0.29) is 0 Å². The highest BCUT2D eigenvalue weighted by molar-refractivity contribution is 4.85. The number of β-amino-alcohol motifs (C(OH)–C–C–N with tert-alkyl or cyclic N) is 1. The molecule has 1 N–H and O–H groups in total. The Morgan fingerprint density at radius 1 is 1.36 bits per heavy atom. The fourth-order valence-corrected chi connectivity index (χ4v) is 2.48. The van der Waals surface area contributed by atoms with Gasteiger partial charge in [-0.25, -0.2) is 0 Å². The Bertz CT molecular complexity index is 182. The summed E-state index contributed by atoms with van der Waals surface area (Å²) in [6, 6.07) is 0.891. The van der Waals surface area contributed by atoms with E-state index in [4.69, 9.17) is 5.11 Å². The summed E-state index contributed by atoms with van der Waals surface area (Å²) in [5.74, 6) is 0.840. The molecule has 0 amide bonds. The Morgan fingerprint density at radius 3 is 2.79 bits per heavy atom. The summed E-state index contributed by atoms with van der Waals surface area (Å²) < 4.78 is 0. The lowest BCUT2D eigenvalue weighted by Crippen LogP contribution is -2.30. The SMILES string of the molecule is CN(C[C@@H]1CCN(CCO)C1)C1CC1. The molecule has 3 nitrogen and oxygen atoms in total. The van der Waals surface area contributed by atoms with Gasteiger partial charge in [0.05, 0.1) is 6.61 Å². The minimum absolute atomic E-state index is 0.311. The largest absolute Gasteiger partial charge is 0.395 e. The number of likely N-dealkylation sites (tertiary alicyclic amines) is 1. The van der Waals surface area contributed by atoms with Crippen molar-refractivity contribution in [3.63, 3.8) is 0 Å². The van der Waals surface area contributed by atoms with Crippen LogP contribution < -0.4 is 0 Å². The van der Waals surface area contributed by atoms with Gasteiger partial charge >= 0.3 is 0 Å². The van der Waals surface area contributed by atoms with E-state index in [9.17, 15) is 0 Å². The summed E-state index contributed by atoms with van der Waals surface area (Å²) in [7, 11) is 2.26. The second-order valence-corrected chi connectivity index (χ2v) is 4.85. The van der Waals surface area contributed by atoms with Crippen LogP contribution in [0.2, 0.25) is 0 Å². The Balaban J connectivity index is 1.67. The lowest BCUT2D eigenvalue weighted by atomic mass is 10.1. The molecule has 0 aromatic rings. The minimum Gasteiger partial charge on any atom is -0.395 e. The van der Waals surface area contributed by atoms with Gasteiger partial charge < -0.3 is 14.9 Å². The van der Waals surface area contributed by atoms with E-state index in [1.54, 1.807) is 0 Å². The number of aliphatic hydroxyl groups is 1. The summed E-state index contributed by atoms with van der Waals surface area (Å²) >= 11 is 0. The van der Waals surface area contributed by atoms with Gasteiger partial charge in [-0.15, -0.1) is 0 Å². The lowest BCUT2D eigenvalue weighted by Gasteiger charge is -2.20. The quantitative estimate of drug-likeness (QED) is 0.692. The number of hydrogen-bond acceptors (Lipinski definition) is 3. The molecule has 0 unspecified atom stereocenters. The third-order valence-electron chi connectivity index (χ3n) is 3.50. The molecule has 1 aliphatic heterocycles. The van der Waals surface area contributed by atoms with Crippen molar-refractivity contribution in [1.82, 2.24) is 9.80 Å². The standard InChI is InChI=1S/C11H22N2O/c1-12(11-2-3-11)8-10-4-5-13(9-10)6-7-14/h10-11,14H,2-9H2,1H3/t10-/m0/s1. The molecule has 3 heteroatoms. The molecule has 1 atom stereocenters. The first-order valence-corrected chi connectivity index (χ1v) is 5.83. The van der Waals surface area contributed by atoms with Crippen LogP contribution in [0.4, 0.5) is 0 Å². The van der Waals surface area contributed by atoms with Crippen molar-refractivity contribution < 1.29 is 5.11 Å². The topological polar surface area (TPSA) is 26.7 Å². The lowest BCUT2D eigenvalue weighted by molar-refractivity contribution is 0.209. The van der Waals surface area contributed by atoms with E-state index in [0.29, 0.717) is 6.61 Å². The van der Waals surface area contributed by atoms with Crippen LogP contribution in [-0.4, -0.2) is 60.8 Å². The number of rotatable bonds is 5. The average Bonchev–Trinajstić information content (AvgIpc) is 2.92. The van der Waals surface area contributed by atoms with Crippen LogP contribution >= 0.6 is 0 Å². The molecule has 0 bridgehead atoms. The summed E-state index contributed by atoms with van der Waals surface area (Å²) in [5.41, 5.74) is 0. The first-order chi connectivity index (χ1) is 6.79. The van der Waals surface area contributed by atoms with Crippen molar-refractivity contribution in [2.45, 2.75) is 25.3 Å². The van der Waals surface area contributed by atoms with E-state index in [1.165, 1.54) is 38.9 Å². The fraction of sp³-hybridized carbons (Fsp3) is 1.00. The van der Waals surface area contributed by atoms with Crippen LogP contribution in [-0.2, 0) is 0 Å². The van der Waals surface area contributed by atoms with Gasteiger partial charge in [-0.3, -0.25) is 0 Å². The smallest absolute Gasteiger partial charge is 0.0558 e. The van der Waals surface area contributed by atoms with Crippen LogP contribution in [0.15, 0.2) is 0 Å². The maximum Gasteiger partial charge on any atom is 0.0558 e. The Hall–Kier alpha value is -0.120. The molecule has 2 fully saturated rings. The molecule has 0 spiro atoms. The molecule has 2 aliphatic rings. The highest BCUT2D eigenvalue weighted by Gasteiger charge is 2.30. The maximum absolute atomic E-state index is 8.84. The average molecular weight is 198 g/mol. The zero-order chi connectivity index (χ0) is 9.97. The van der Waals surface area contributed by atoms with Crippen LogP contribution in [0.3, 0.4) is 0 Å². The summed E-state index contributed by atoms with van der Waals surface area (Å²) in [4.78, 5) is 4.90.